The molecule has 1 N–H and O–H groups in total. The maximum atomic E-state index is 4.02. The van der Waals surface area contributed by atoms with E-state index in [2.05, 4.69) is 21.8 Å². The van der Waals surface area contributed by atoms with E-state index in [1.807, 2.05) is 18.7 Å². The number of rotatable bonds is 4. The van der Waals surface area contributed by atoms with Crippen LogP contribution >= 0.6 is 0 Å². The van der Waals surface area contributed by atoms with E-state index in [9.17, 15) is 0 Å². The topological polar surface area (TPSA) is 29.9 Å². The molecular formula is C11H19N3. The Morgan fingerprint density at radius 3 is 3.07 bits per heavy atom. The summed E-state index contributed by atoms with van der Waals surface area (Å²) in [7, 11) is 0. The molecule has 14 heavy (non-hydrogen) atoms. The molecule has 2 atom stereocenters. The number of nitrogens with one attached hydrogen (secondary N) is 1. The minimum atomic E-state index is 0.749. The van der Waals surface area contributed by atoms with Crippen LogP contribution in [0.25, 0.3) is 0 Å². The van der Waals surface area contributed by atoms with Crippen LogP contribution in [0.5, 0.6) is 0 Å². The van der Waals surface area contributed by atoms with Gasteiger partial charge in [-0.1, -0.05) is 13.3 Å². The summed E-state index contributed by atoms with van der Waals surface area (Å²) >= 11 is 0. The summed E-state index contributed by atoms with van der Waals surface area (Å²) in [5.41, 5.74) is 0. The van der Waals surface area contributed by atoms with Crippen molar-refractivity contribution in [3.8, 4) is 0 Å². The predicted octanol–water partition coefficient (Wildman–Crippen LogP) is 1.66. The molecule has 1 aliphatic rings. The molecule has 1 aromatic rings. The van der Waals surface area contributed by atoms with E-state index in [0.717, 1.165) is 25.0 Å². The zero-order valence-corrected chi connectivity index (χ0v) is 8.82. The Kier molecular flexibility index (Phi) is 3.19. The van der Waals surface area contributed by atoms with Crippen LogP contribution in [0.4, 0.5) is 0 Å². The second-order valence-corrected chi connectivity index (χ2v) is 4.27. The van der Waals surface area contributed by atoms with Crippen molar-refractivity contribution in [1.82, 2.24) is 14.9 Å². The standard InChI is InChI=1S/C11H19N3/c1-10-3-2-4-11(10)13-6-8-14-7-5-12-9-14/h5,7,9-11,13H,2-4,6,8H2,1H3. The molecule has 3 heteroatoms. The van der Waals surface area contributed by atoms with Gasteiger partial charge in [-0.15, -0.1) is 0 Å². The highest BCUT2D eigenvalue weighted by atomic mass is 15.0. The Balaban J connectivity index is 1.68. The molecule has 1 heterocycles. The number of hydrogen-bond donors (Lipinski definition) is 1. The summed E-state index contributed by atoms with van der Waals surface area (Å²) in [5, 5.41) is 3.62. The molecule has 0 bridgehead atoms. The molecule has 1 aliphatic carbocycles. The first-order valence-corrected chi connectivity index (χ1v) is 5.55. The first kappa shape index (κ1) is 9.71. The Hall–Kier alpha value is -0.830. The zero-order valence-electron chi connectivity index (χ0n) is 8.82. The van der Waals surface area contributed by atoms with Crippen LogP contribution in [0.3, 0.4) is 0 Å². The smallest absolute Gasteiger partial charge is 0.0946 e. The maximum Gasteiger partial charge on any atom is 0.0946 e. The van der Waals surface area contributed by atoms with Crippen molar-refractivity contribution in [2.75, 3.05) is 6.54 Å². The van der Waals surface area contributed by atoms with Crippen LogP contribution < -0.4 is 5.32 Å². The monoisotopic (exact) mass is 193 g/mol. The second-order valence-electron chi connectivity index (χ2n) is 4.27. The van der Waals surface area contributed by atoms with Gasteiger partial charge in [-0.25, -0.2) is 4.98 Å². The highest BCUT2D eigenvalue weighted by molar-refractivity contribution is 4.80. The Morgan fingerprint density at radius 2 is 2.43 bits per heavy atom. The van der Waals surface area contributed by atoms with Crippen molar-refractivity contribution >= 4 is 0 Å². The second kappa shape index (κ2) is 4.60. The lowest BCUT2D eigenvalue weighted by atomic mass is 10.1. The van der Waals surface area contributed by atoms with E-state index in [1.54, 1.807) is 0 Å². The summed E-state index contributed by atoms with van der Waals surface area (Å²) < 4.78 is 2.12. The maximum absolute atomic E-state index is 4.02. The van der Waals surface area contributed by atoms with E-state index >= 15 is 0 Å². The summed E-state index contributed by atoms with van der Waals surface area (Å²) in [6.45, 7) is 4.44. The Morgan fingerprint density at radius 1 is 1.50 bits per heavy atom. The third kappa shape index (κ3) is 2.35. The normalized spacial score (nSPS) is 26.9. The average Bonchev–Trinajstić information content (AvgIpc) is 2.78. The van der Waals surface area contributed by atoms with Gasteiger partial charge >= 0.3 is 0 Å². The van der Waals surface area contributed by atoms with Gasteiger partial charge in [0.2, 0.25) is 0 Å². The van der Waals surface area contributed by atoms with E-state index in [-0.39, 0.29) is 0 Å². The molecule has 0 amide bonds. The fraction of sp³-hybridized carbons (Fsp3) is 0.727. The number of aromatic nitrogens is 2. The van der Waals surface area contributed by atoms with Crippen LogP contribution in [0, 0.1) is 5.92 Å². The summed E-state index contributed by atoms with van der Waals surface area (Å²) in [5.74, 6) is 0.859. The van der Waals surface area contributed by atoms with Crippen LogP contribution in [0.2, 0.25) is 0 Å². The molecule has 2 rings (SSSR count). The molecule has 0 aliphatic heterocycles. The van der Waals surface area contributed by atoms with Crippen LogP contribution in [-0.2, 0) is 6.54 Å². The first-order valence-electron chi connectivity index (χ1n) is 5.55. The van der Waals surface area contributed by atoms with Crippen LogP contribution in [0.15, 0.2) is 18.7 Å². The first-order chi connectivity index (χ1) is 6.86. The van der Waals surface area contributed by atoms with Crippen molar-refractivity contribution in [2.24, 2.45) is 5.92 Å². The average molecular weight is 193 g/mol. The van der Waals surface area contributed by atoms with E-state index in [1.165, 1.54) is 19.3 Å². The molecule has 0 spiro atoms. The molecule has 78 valence electrons. The molecule has 0 radical (unpaired) electrons. The summed E-state index contributed by atoms with van der Waals surface area (Å²) in [4.78, 5) is 4.02. The molecule has 1 aromatic heterocycles. The van der Waals surface area contributed by atoms with Crippen molar-refractivity contribution in [2.45, 2.75) is 38.8 Å². The zero-order chi connectivity index (χ0) is 9.80. The fourth-order valence-electron chi connectivity index (χ4n) is 2.25. The van der Waals surface area contributed by atoms with E-state index in [0.29, 0.717) is 0 Å². The fourth-order valence-corrected chi connectivity index (χ4v) is 2.25. The molecule has 1 fully saturated rings. The third-order valence-electron chi connectivity index (χ3n) is 3.20. The Bertz CT molecular complexity index is 256. The van der Waals surface area contributed by atoms with Gasteiger partial charge in [0.1, 0.15) is 0 Å². The highest BCUT2D eigenvalue weighted by Crippen LogP contribution is 2.24. The van der Waals surface area contributed by atoms with Gasteiger partial charge in [0.05, 0.1) is 6.33 Å². The van der Waals surface area contributed by atoms with Gasteiger partial charge in [-0.05, 0) is 18.8 Å². The highest BCUT2D eigenvalue weighted by Gasteiger charge is 2.21. The number of imidazole rings is 1. The van der Waals surface area contributed by atoms with Gasteiger partial charge < -0.3 is 9.88 Å². The largest absolute Gasteiger partial charge is 0.336 e. The molecule has 0 saturated heterocycles. The molecule has 3 nitrogen and oxygen atoms in total. The van der Waals surface area contributed by atoms with Crippen molar-refractivity contribution in [3.63, 3.8) is 0 Å². The minimum absolute atomic E-state index is 0.749. The van der Waals surface area contributed by atoms with Crippen molar-refractivity contribution in [3.05, 3.63) is 18.7 Å². The SMILES string of the molecule is CC1CCCC1NCCn1ccnc1. The molecular weight excluding hydrogens is 174 g/mol. The van der Waals surface area contributed by atoms with Gasteiger partial charge in [-0.2, -0.15) is 0 Å². The predicted molar refractivity (Wildman–Crippen MR) is 57.0 cm³/mol. The van der Waals surface area contributed by atoms with Crippen molar-refractivity contribution < 1.29 is 0 Å². The molecule has 1 saturated carbocycles. The van der Waals surface area contributed by atoms with Gasteiger partial charge in [0, 0.05) is 31.5 Å². The summed E-state index contributed by atoms with van der Waals surface area (Å²) in [6.07, 6.45) is 9.86. The number of hydrogen-bond acceptors (Lipinski definition) is 2. The molecule has 0 aromatic carbocycles. The van der Waals surface area contributed by atoms with Gasteiger partial charge in [0.15, 0.2) is 0 Å². The lowest BCUT2D eigenvalue weighted by molar-refractivity contribution is 0.416. The van der Waals surface area contributed by atoms with E-state index in [4.69, 9.17) is 0 Å². The number of nitrogens with zero attached hydrogens (tertiary/aromatic N) is 2. The lowest BCUT2D eigenvalue weighted by Crippen LogP contribution is -2.33. The third-order valence-corrected chi connectivity index (χ3v) is 3.20. The molecule has 2 unspecified atom stereocenters. The van der Waals surface area contributed by atoms with Gasteiger partial charge in [-0.3, -0.25) is 0 Å². The van der Waals surface area contributed by atoms with Crippen molar-refractivity contribution in [1.29, 1.82) is 0 Å². The van der Waals surface area contributed by atoms with Crippen LogP contribution in [-0.4, -0.2) is 22.1 Å². The van der Waals surface area contributed by atoms with E-state index < -0.39 is 0 Å². The van der Waals surface area contributed by atoms with Crippen LogP contribution in [0.1, 0.15) is 26.2 Å². The minimum Gasteiger partial charge on any atom is -0.336 e. The lowest BCUT2D eigenvalue weighted by Gasteiger charge is -2.17. The Labute approximate surface area is 85.5 Å². The quantitative estimate of drug-likeness (QED) is 0.788. The summed E-state index contributed by atoms with van der Waals surface area (Å²) in [6, 6.07) is 0.749. The van der Waals surface area contributed by atoms with Gasteiger partial charge in [0.25, 0.3) is 0 Å².